The molecule has 0 aromatic carbocycles. The van der Waals surface area contributed by atoms with Crippen LogP contribution < -0.4 is 5.73 Å². The number of halogens is 1. The molecule has 0 saturated heterocycles. The van der Waals surface area contributed by atoms with Gasteiger partial charge in [0, 0.05) is 35.5 Å². The third-order valence-electron chi connectivity index (χ3n) is 3.92. The molecule has 4 heterocycles. The quantitative estimate of drug-likeness (QED) is 0.599. The average Bonchev–Trinajstić information content (AvgIpc) is 3.20. The van der Waals surface area contributed by atoms with Crippen molar-refractivity contribution in [3.63, 3.8) is 0 Å². The Kier molecular flexibility index (Phi) is 3.82. The Morgan fingerprint density at radius 2 is 2.15 bits per heavy atom. The molecule has 0 aliphatic rings. The van der Waals surface area contributed by atoms with Crippen LogP contribution in [0.2, 0.25) is 0 Å². The van der Waals surface area contributed by atoms with Gasteiger partial charge in [-0.3, -0.25) is 4.68 Å². The number of nitrogens with zero attached hydrogens (tertiary/aromatic N) is 6. The lowest BCUT2D eigenvalue weighted by molar-refractivity contribution is 0.588. The number of anilines is 1. The van der Waals surface area contributed by atoms with Crippen molar-refractivity contribution in [2.24, 2.45) is 7.05 Å². The molecule has 0 aliphatic heterocycles. The largest absolute Gasteiger partial charge is 0.383 e. The monoisotopic (exact) mass is 365 g/mol. The maximum absolute atomic E-state index is 14.1. The zero-order chi connectivity index (χ0) is 18.3. The van der Waals surface area contributed by atoms with Gasteiger partial charge >= 0.3 is 0 Å². The van der Waals surface area contributed by atoms with Gasteiger partial charge in [0.2, 0.25) is 0 Å². The van der Waals surface area contributed by atoms with Crippen LogP contribution in [0.3, 0.4) is 0 Å². The molecule has 0 amide bonds. The first-order valence-corrected chi connectivity index (χ1v) is 8.38. The molecular weight excluding hydrogens is 353 g/mol. The summed E-state index contributed by atoms with van der Waals surface area (Å²) in [7, 11) is 1.75. The minimum atomic E-state index is -0.431. The third kappa shape index (κ3) is 2.57. The standard InChI is InChI=1S/C17H12FN7S/c1-24-16(20)12(8-22-24)10-5-14(26-17-13(18)3-2-4-21-17)15-11(6-19)7-23-25(15)9-10/h2-5,7-9H,20H2,1H3. The van der Waals surface area contributed by atoms with Gasteiger partial charge in [-0.1, -0.05) is 11.8 Å². The van der Waals surface area contributed by atoms with Crippen LogP contribution in [-0.2, 0) is 7.05 Å². The van der Waals surface area contributed by atoms with Crippen LogP contribution in [0.15, 0.2) is 52.9 Å². The van der Waals surface area contributed by atoms with Gasteiger partial charge in [0.25, 0.3) is 0 Å². The summed E-state index contributed by atoms with van der Waals surface area (Å²) in [6, 6.07) is 6.82. The molecule has 0 aliphatic carbocycles. The fraction of sp³-hybridized carbons (Fsp3) is 0.0588. The van der Waals surface area contributed by atoms with Crippen LogP contribution >= 0.6 is 11.8 Å². The topological polar surface area (TPSA) is 97.8 Å². The lowest BCUT2D eigenvalue weighted by Gasteiger charge is -2.09. The summed E-state index contributed by atoms with van der Waals surface area (Å²) in [6.07, 6.45) is 6.42. The maximum atomic E-state index is 14.1. The third-order valence-corrected chi connectivity index (χ3v) is 4.95. The summed E-state index contributed by atoms with van der Waals surface area (Å²) >= 11 is 1.13. The van der Waals surface area contributed by atoms with Gasteiger partial charge in [-0.2, -0.15) is 15.5 Å². The number of aryl methyl sites for hydroxylation is 1. The van der Waals surface area contributed by atoms with Crippen LogP contribution in [0.25, 0.3) is 16.6 Å². The number of hydrogen-bond donors (Lipinski definition) is 1. The second-order valence-corrected chi connectivity index (χ2v) is 6.55. The molecule has 0 radical (unpaired) electrons. The smallest absolute Gasteiger partial charge is 0.155 e. The molecule has 4 rings (SSSR count). The normalized spacial score (nSPS) is 11.0. The number of aromatic nitrogens is 5. The molecule has 4 aromatic heterocycles. The van der Waals surface area contributed by atoms with Crippen molar-refractivity contribution >= 4 is 23.1 Å². The first-order chi connectivity index (χ1) is 12.6. The highest BCUT2D eigenvalue weighted by atomic mass is 32.2. The van der Waals surface area contributed by atoms with E-state index in [2.05, 4.69) is 21.3 Å². The zero-order valence-electron chi connectivity index (χ0n) is 13.6. The van der Waals surface area contributed by atoms with Gasteiger partial charge in [0.1, 0.15) is 16.9 Å². The van der Waals surface area contributed by atoms with Crippen molar-refractivity contribution in [2.45, 2.75) is 9.92 Å². The van der Waals surface area contributed by atoms with Gasteiger partial charge in [0.05, 0.1) is 23.5 Å². The Morgan fingerprint density at radius 3 is 2.85 bits per heavy atom. The van der Waals surface area contributed by atoms with Gasteiger partial charge < -0.3 is 5.73 Å². The molecule has 0 bridgehead atoms. The highest BCUT2D eigenvalue weighted by Gasteiger charge is 2.17. The molecule has 7 nitrogen and oxygen atoms in total. The number of hydrogen-bond acceptors (Lipinski definition) is 6. The van der Waals surface area contributed by atoms with Crippen molar-refractivity contribution in [3.8, 4) is 17.2 Å². The molecule has 0 unspecified atom stereocenters. The molecule has 0 atom stereocenters. The van der Waals surface area contributed by atoms with Gasteiger partial charge in [0.15, 0.2) is 5.82 Å². The van der Waals surface area contributed by atoms with Crippen molar-refractivity contribution in [1.29, 1.82) is 5.26 Å². The number of nitriles is 1. The van der Waals surface area contributed by atoms with Gasteiger partial charge in [-0.05, 0) is 18.2 Å². The van der Waals surface area contributed by atoms with Crippen LogP contribution in [-0.4, -0.2) is 24.4 Å². The Balaban J connectivity index is 1.94. The zero-order valence-corrected chi connectivity index (χ0v) is 14.4. The van der Waals surface area contributed by atoms with Crippen molar-refractivity contribution < 1.29 is 4.39 Å². The Hall–Kier alpha value is -3.38. The predicted octanol–water partition coefficient (Wildman–Crippen LogP) is 2.87. The second kappa shape index (κ2) is 6.16. The highest BCUT2D eigenvalue weighted by molar-refractivity contribution is 7.99. The van der Waals surface area contributed by atoms with Crippen LogP contribution in [0.5, 0.6) is 0 Å². The summed E-state index contributed by atoms with van der Waals surface area (Å²) < 4.78 is 17.2. The van der Waals surface area contributed by atoms with Crippen LogP contribution in [0.4, 0.5) is 10.2 Å². The van der Waals surface area contributed by atoms with Crippen molar-refractivity contribution in [2.75, 3.05) is 5.73 Å². The summed E-state index contributed by atoms with van der Waals surface area (Å²) in [5.74, 6) is 0.0666. The predicted molar refractivity (Wildman–Crippen MR) is 94.8 cm³/mol. The number of rotatable bonds is 3. The van der Waals surface area contributed by atoms with E-state index in [1.54, 1.807) is 28.6 Å². The summed E-state index contributed by atoms with van der Waals surface area (Å²) in [6.45, 7) is 0. The van der Waals surface area contributed by atoms with E-state index in [1.807, 2.05) is 6.07 Å². The molecule has 0 spiro atoms. The number of nitrogens with two attached hydrogens (primary N) is 1. The first kappa shape index (κ1) is 16.1. The fourth-order valence-electron chi connectivity index (χ4n) is 2.61. The first-order valence-electron chi connectivity index (χ1n) is 7.56. The number of fused-ring (bicyclic) bond motifs is 1. The molecule has 9 heteroatoms. The molecule has 26 heavy (non-hydrogen) atoms. The lowest BCUT2D eigenvalue weighted by Crippen LogP contribution is -1.99. The molecule has 2 N–H and O–H groups in total. The molecular formula is C17H12FN7S. The number of pyridine rings is 2. The van der Waals surface area contributed by atoms with E-state index in [4.69, 9.17) is 5.73 Å². The van der Waals surface area contributed by atoms with Crippen LogP contribution in [0, 0.1) is 17.1 Å². The average molecular weight is 365 g/mol. The lowest BCUT2D eigenvalue weighted by atomic mass is 10.1. The van der Waals surface area contributed by atoms with Gasteiger partial charge in [-0.15, -0.1) is 0 Å². The molecule has 4 aromatic rings. The highest BCUT2D eigenvalue weighted by Crippen LogP contribution is 2.36. The van der Waals surface area contributed by atoms with Crippen molar-refractivity contribution in [3.05, 3.63) is 54.4 Å². The van der Waals surface area contributed by atoms with E-state index < -0.39 is 5.82 Å². The summed E-state index contributed by atoms with van der Waals surface area (Å²) in [5, 5.41) is 18.0. The molecule has 128 valence electrons. The van der Waals surface area contributed by atoms with E-state index >= 15 is 0 Å². The molecule has 0 fully saturated rings. The van der Waals surface area contributed by atoms with Gasteiger partial charge in [-0.25, -0.2) is 13.9 Å². The Labute approximate surface area is 151 Å². The fourth-order valence-corrected chi connectivity index (χ4v) is 3.58. The van der Waals surface area contributed by atoms with E-state index in [0.29, 0.717) is 21.8 Å². The molecule has 0 saturated carbocycles. The Bertz CT molecular complexity index is 1170. The summed E-state index contributed by atoms with van der Waals surface area (Å²) in [5.41, 5.74) is 8.55. The SMILES string of the molecule is Cn1ncc(-c2cc(Sc3ncccc3F)c3c(C#N)cnn3c2)c1N. The van der Waals surface area contributed by atoms with E-state index in [-0.39, 0.29) is 5.03 Å². The number of nitrogen functional groups attached to an aromatic ring is 1. The Morgan fingerprint density at radius 1 is 1.31 bits per heavy atom. The summed E-state index contributed by atoms with van der Waals surface area (Å²) in [4.78, 5) is 4.73. The van der Waals surface area contributed by atoms with Crippen molar-refractivity contribution in [1.82, 2.24) is 24.4 Å². The minimum absolute atomic E-state index is 0.218. The van der Waals surface area contributed by atoms with E-state index in [1.165, 1.54) is 24.5 Å². The second-order valence-electron chi connectivity index (χ2n) is 5.52. The van der Waals surface area contributed by atoms with Crippen LogP contribution in [0.1, 0.15) is 5.56 Å². The van der Waals surface area contributed by atoms with E-state index in [0.717, 1.165) is 22.9 Å². The van der Waals surface area contributed by atoms with E-state index in [9.17, 15) is 9.65 Å². The maximum Gasteiger partial charge on any atom is 0.155 e. The minimum Gasteiger partial charge on any atom is -0.383 e.